The van der Waals surface area contributed by atoms with Crippen LogP contribution < -0.4 is 0 Å². The minimum atomic E-state index is -1.09. The summed E-state index contributed by atoms with van der Waals surface area (Å²) in [6.07, 6.45) is 1.53. The third kappa shape index (κ3) is 2.00. The molecule has 64 valence electrons. The summed E-state index contributed by atoms with van der Waals surface area (Å²) in [5.74, 6) is -1.09. The molecule has 0 amide bonds. The van der Waals surface area contributed by atoms with E-state index < -0.39 is 5.97 Å². The second-order valence-electron chi connectivity index (χ2n) is 2.17. The van der Waals surface area contributed by atoms with E-state index in [9.17, 15) is 4.79 Å². The van der Waals surface area contributed by atoms with Gasteiger partial charge in [-0.3, -0.25) is 0 Å². The van der Waals surface area contributed by atoms with Crippen LogP contribution in [0.2, 0.25) is 0 Å². The molecule has 1 aromatic rings. The average molecular weight is 168 g/mol. The molecule has 0 saturated carbocycles. The van der Waals surface area contributed by atoms with Crippen LogP contribution in [0.25, 0.3) is 0 Å². The molecule has 0 spiro atoms. The smallest absolute Gasteiger partial charge is 0.354 e. The molecule has 0 fully saturated rings. The van der Waals surface area contributed by atoms with E-state index in [0.717, 1.165) is 0 Å². The highest BCUT2D eigenvalue weighted by atomic mass is 16.4. The first-order valence-corrected chi connectivity index (χ1v) is 3.39. The van der Waals surface area contributed by atoms with E-state index in [1.165, 1.54) is 12.4 Å². The lowest BCUT2D eigenvalue weighted by molar-refractivity contribution is 0.0690. The molecule has 0 aromatic carbocycles. The minimum Gasteiger partial charge on any atom is -0.477 e. The van der Waals surface area contributed by atoms with E-state index in [1.54, 1.807) is 0 Å². The van der Waals surface area contributed by atoms with Gasteiger partial charge in [0.1, 0.15) is 6.33 Å². The van der Waals surface area contributed by atoms with Gasteiger partial charge in [0.05, 0.1) is 0 Å². The Morgan fingerprint density at radius 2 is 2.25 bits per heavy atom. The molecule has 1 heterocycles. The van der Waals surface area contributed by atoms with Crippen molar-refractivity contribution >= 4 is 5.97 Å². The summed E-state index contributed by atoms with van der Waals surface area (Å²) in [4.78, 5) is 17.7. The molecule has 0 saturated heterocycles. The van der Waals surface area contributed by atoms with Gasteiger partial charge in [0.25, 0.3) is 0 Å². The van der Waals surface area contributed by atoms with Crippen LogP contribution in [0.3, 0.4) is 0 Å². The monoisotopic (exact) mass is 168 g/mol. The van der Waals surface area contributed by atoms with E-state index >= 15 is 0 Å². The zero-order valence-electron chi connectivity index (χ0n) is 6.27. The number of aromatic nitrogens is 2. The van der Waals surface area contributed by atoms with Crippen LogP contribution in [0, 0.1) is 0 Å². The molecule has 0 bridgehead atoms. The zero-order valence-corrected chi connectivity index (χ0v) is 6.27. The number of aromatic carboxylic acids is 1. The first-order chi connectivity index (χ1) is 5.74. The Morgan fingerprint density at radius 1 is 1.50 bits per heavy atom. The van der Waals surface area contributed by atoms with Crippen LogP contribution in [0.5, 0.6) is 0 Å². The number of carbonyl (C=O) groups is 1. The highest BCUT2D eigenvalue weighted by Gasteiger charge is 2.04. The first-order valence-electron chi connectivity index (χ1n) is 3.39. The number of carboxylic acids is 1. The quantitative estimate of drug-likeness (QED) is 0.647. The maximum Gasteiger partial charge on any atom is 0.354 e. The number of nitrogens with zero attached hydrogens (tertiary/aromatic N) is 2. The molecule has 1 rings (SSSR count). The normalized spacial score (nSPS) is 9.75. The number of aliphatic hydroxyl groups is 1. The van der Waals surface area contributed by atoms with E-state index in [2.05, 4.69) is 9.97 Å². The number of hydrogen-bond donors (Lipinski definition) is 2. The van der Waals surface area contributed by atoms with Crippen LogP contribution >= 0.6 is 0 Å². The van der Waals surface area contributed by atoms with Gasteiger partial charge in [-0.25, -0.2) is 14.8 Å². The fourth-order valence-corrected chi connectivity index (χ4v) is 0.766. The lowest BCUT2D eigenvalue weighted by atomic mass is 10.2. The van der Waals surface area contributed by atoms with Crippen molar-refractivity contribution in [2.45, 2.75) is 6.42 Å². The Hall–Kier alpha value is -1.49. The second kappa shape index (κ2) is 3.77. The molecule has 0 unspecified atom stereocenters. The van der Waals surface area contributed by atoms with Crippen LogP contribution in [0.15, 0.2) is 12.4 Å². The molecule has 5 nitrogen and oxygen atoms in total. The molecular weight excluding hydrogens is 160 g/mol. The molecule has 0 radical (unpaired) electrons. The molecule has 2 N–H and O–H groups in total. The molecule has 12 heavy (non-hydrogen) atoms. The van der Waals surface area contributed by atoms with Gasteiger partial charge < -0.3 is 10.2 Å². The van der Waals surface area contributed by atoms with E-state index in [1.807, 2.05) is 0 Å². The van der Waals surface area contributed by atoms with Crippen molar-refractivity contribution in [3.05, 3.63) is 23.8 Å². The van der Waals surface area contributed by atoms with Crippen LogP contribution in [-0.4, -0.2) is 32.8 Å². The lowest BCUT2D eigenvalue weighted by Crippen LogP contribution is -2.03. The highest BCUT2D eigenvalue weighted by molar-refractivity contribution is 5.85. The fourth-order valence-electron chi connectivity index (χ4n) is 0.766. The van der Waals surface area contributed by atoms with Gasteiger partial charge in [-0.15, -0.1) is 0 Å². The summed E-state index contributed by atoms with van der Waals surface area (Å²) in [5, 5.41) is 17.1. The molecule has 0 aliphatic rings. The van der Waals surface area contributed by atoms with Gasteiger partial charge in [-0.1, -0.05) is 0 Å². The fraction of sp³-hybridized carbons (Fsp3) is 0.286. The average Bonchev–Trinajstić information content (AvgIpc) is 2.05. The van der Waals surface area contributed by atoms with E-state index in [0.29, 0.717) is 12.1 Å². The zero-order chi connectivity index (χ0) is 8.97. The SMILES string of the molecule is O=C(O)c1cc(CCO)ncn1. The maximum absolute atomic E-state index is 10.4. The van der Waals surface area contributed by atoms with E-state index in [4.69, 9.17) is 10.2 Å². The minimum absolute atomic E-state index is 0.0456. The van der Waals surface area contributed by atoms with Crippen molar-refractivity contribution < 1.29 is 15.0 Å². The number of rotatable bonds is 3. The summed E-state index contributed by atoms with van der Waals surface area (Å²) >= 11 is 0. The van der Waals surface area contributed by atoms with Gasteiger partial charge in [0, 0.05) is 18.7 Å². The Balaban J connectivity index is 2.88. The lowest BCUT2D eigenvalue weighted by Gasteiger charge is -1.97. The number of aliphatic hydroxyl groups excluding tert-OH is 1. The molecule has 0 atom stereocenters. The Bertz CT molecular complexity index is 288. The van der Waals surface area contributed by atoms with Gasteiger partial charge in [-0.2, -0.15) is 0 Å². The van der Waals surface area contributed by atoms with Crippen molar-refractivity contribution in [1.82, 2.24) is 9.97 Å². The predicted molar refractivity (Wildman–Crippen MR) is 39.8 cm³/mol. The van der Waals surface area contributed by atoms with Crippen molar-refractivity contribution in [3.63, 3.8) is 0 Å². The first kappa shape index (κ1) is 8.61. The predicted octanol–water partition coefficient (Wildman–Crippen LogP) is -0.290. The Morgan fingerprint density at radius 3 is 2.83 bits per heavy atom. The Labute approximate surface area is 68.7 Å². The van der Waals surface area contributed by atoms with Gasteiger partial charge in [0.15, 0.2) is 5.69 Å². The van der Waals surface area contributed by atoms with Gasteiger partial charge >= 0.3 is 5.97 Å². The highest BCUT2D eigenvalue weighted by Crippen LogP contribution is 1.98. The second-order valence-corrected chi connectivity index (χ2v) is 2.17. The maximum atomic E-state index is 10.4. The van der Waals surface area contributed by atoms with Gasteiger partial charge in [-0.05, 0) is 6.07 Å². The van der Waals surface area contributed by atoms with Crippen molar-refractivity contribution in [2.75, 3.05) is 6.61 Å². The van der Waals surface area contributed by atoms with Crippen molar-refractivity contribution in [2.24, 2.45) is 0 Å². The van der Waals surface area contributed by atoms with Gasteiger partial charge in [0.2, 0.25) is 0 Å². The van der Waals surface area contributed by atoms with E-state index in [-0.39, 0.29) is 12.3 Å². The largest absolute Gasteiger partial charge is 0.477 e. The molecule has 5 heteroatoms. The molecule has 1 aromatic heterocycles. The molecule has 0 aliphatic carbocycles. The van der Waals surface area contributed by atoms with Crippen molar-refractivity contribution in [3.8, 4) is 0 Å². The van der Waals surface area contributed by atoms with Crippen LogP contribution in [-0.2, 0) is 6.42 Å². The molecular formula is C7H8N2O3. The third-order valence-electron chi connectivity index (χ3n) is 1.31. The Kier molecular flexibility index (Phi) is 2.71. The van der Waals surface area contributed by atoms with Crippen LogP contribution in [0.4, 0.5) is 0 Å². The molecule has 0 aliphatic heterocycles. The summed E-state index contributed by atoms with van der Waals surface area (Å²) in [6, 6.07) is 1.35. The number of carboxylic acid groups (broad SMARTS) is 1. The summed E-state index contributed by atoms with van der Waals surface area (Å²) in [6.45, 7) is -0.0456. The summed E-state index contributed by atoms with van der Waals surface area (Å²) in [7, 11) is 0. The summed E-state index contributed by atoms with van der Waals surface area (Å²) < 4.78 is 0. The standard InChI is InChI=1S/C7H8N2O3/c10-2-1-5-3-6(7(11)12)9-4-8-5/h3-4,10H,1-2H2,(H,11,12). The third-order valence-corrected chi connectivity index (χ3v) is 1.31. The van der Waals surface area contributed by atoms with Crippen molar-refractivity contribution in [1.29, 1.82) is 0 Å². The number of hydrogen-bond acceptors (Lipinski definition) is 4. The topological polar surface area (TPSA) is 83.3 Å². The summed E-state index contributed by atoms with van der Waals surface area (Å²) in [5.41, 5.74) is 0.485. The van der Waals surface area contributed by atoms with Crippen LogP contribution in [0.1, 0.15) is 16.2 Å².